The number of nitrogen functional groups attached to an aromatic ring is 1. The number of piperazine rings is 1. The van der Waals surface area contributed by atoms with Crippen LogP contribution in [0.3, 0.4) is 0 Å². The Labute approximate surface area is 217 Å². The number of aryl methyl sites for hydroxylation is 1. The van der Waals surface area contributed by atoms with Gasteiger partial charge in [-0.3, -0.25) is 4.90 Å². The van der Waals surface area contributed by atoms with E-state index in [1.54, 1.807) is 0 Å². The minimum absolute atomic E-state index is 0.587. The van der Waals surface area contributed by atoms with E-state index in [4.69, 9.17) is 20.8 Å². The molecule has 3 aromatic carbocycles. The largest absolute Gasteiger partial charge is 0.383 e. The van der Waals surface area contributed by atoms with Crippen molar-refractivity contribution in [2.24, 2.45) is 0 Å². The summed E-state index contributed by atoms with van der Waals surface area (Å²) in [6, 6.07) is 29.3. The molecule has 1 aliphatic rings. The van der Waals surface area contributed by atoms with Crippen molar-refractivity contribution in [1.29, 1.82) is 0 Å². The van der Waals surface area contributed by atoms with Crippen LogP contribution in [0.1, 0.15) is 16.7 Å². The highest BCUT2D eigenvalue weighted by Gasteiger charge is 2.24. The summed E-state index contributed by atoms with van der Waals surface area (Å²) in [6.07, 6.45) is 0. The number of nitrogens with zero attached hydrogens (tertiary/aromatic N) is 6. The van der Waals surface area contributed by atoms with Crippen LogP contribution in [-0.2, 0) is 13.1 Å². The molecule has 0 bridgehead atoms. The molecule has 0 amide bonds. The Bertz CT molecular complexity index is 1500. The molecule has 6 rings (SSSR count). The molecule has 2 aromatic heterocycles. The minimum atomic E-state index is 0.587. The molecule has 0 radical (unpaired) electrons. The first-order valence-corrected chi connectivity index (χ1v) is 12.8. The second-order valence-corrected chi connectivity index (χ2v) is 9.72. The van der Waals surface area contributed by atoms with Gasteiger partial charge in [0.05, 0.1) is 17.6 Å². The predicted molar refractivity (Wildman–Crippen MR) is 149 cm³/mol. The summed E-state index contributed by atoms with van der Waals surface area (Å²) in [5.41, 5.74) is 12.9. The highest BCUT2D eigenvalue weighted by atomic mass is 15.4. The first-order valence-electron chi connectivity index (χ1n) is 12.8. The summed E-state index contributed by atoms with van der Waals surface area (Å²) in [6.45, 7) is 7.29. The van der Waals surface area contributed by atoms with E-state index in [1.165, 1.54) is 11.1 Å². The van der Waals surface area contributed by atoms with Gasteiger partial charge in [0.25, 0.3) is 0 Å². The zero-order valence-corrected chi connectivity index (χ0v) is 21.1. The molecule has 186 valence electrons. The molecule has 0 saturated carbocycles. The average Bonchev–Trinajstić information content (AvgIpc) is 3.24. The third-order valence-corrected chi connectivity index (χ3v) is 7.00. The Morgan fingerprint density at radius 3 is 2.11 bits per heavy atom. The van der Waals surface area contributed by atoms with Crippen LogP contribution < -0.4 is 10.6 Å². The number of aromatic nitrogens is 4. The number of nitrogens with two attached hydrogens (primary N) is 1. The summed E-state index contributed by atoms with van der Waals surface area (Å²) in [5, 5.41) is 5.66. The van der Waals surface area contributed by atoms with Gasteiger partial charge in [-0.1, -0.05) is 84.4 Å². The van der Waals surface area contributed by atoms with Gasteiger partial charge in [-0.15, -0.1) is 5.10 Å². The fourth-order valence-electron chi connectivity index (χ4n) is 5.01. The van der Waals surface area contributed by atoms with E-state index in [1.807, 2.05) is 22.9 Å². The lowest BCUT2D eigenvalue weighted by molar-refractivity contribution is 0.249. The van der Waals surface area contributed by atoms with Crippen LogP contribution in [0.25, 0.3) is 22.3 Å². The van der Waals surface area contributed by atoms with Crippen molar-refractivity contribution in [1.82, 2.24) is 24.6 Å². The summed E-state index contributed by atoms with van der Waals surface area (Å²) in [7, 11) is 0. The van der Waals surface area contributed by atoms with E-state index >= 15 is 0 Å². The molecule has 1 aliphatic heterocycles. The SMILES string of the molecule is Cc1cccc(-c2nc(N3CCN(Cc4ccccc4)CC3)nc3nn(Cc4ccccc4)c(N)c23)c1. The average molecular weight is 490 g/mol. The molecule has 7 nitrogen and oxygen atoms in total. The number of hydrogen-bond acceptors (Lipinski definition) is 6. The van der Waals surface area contributed by atoms with Crippen LogP contribution >= 0.6 is 0 Å². The van der Waals surface area contributed by atoms with Crippen molar-refractivity contribution in [3.05, 3.63) is 102 Å². The van der Waals surface area contributed by atoms with Crippen molar-refractivity contribution < 1.29 is 0 Å². The Balaban J connectivity index is 1.34. The van der Waals surface area contributed by atoms with Gasteiger partial charge < -0.3 is 10.6 Å². The first kappa shape index (κ1) is 23.2. The normalized spacial score (nSPS) is 14.4. The molecule has 1 saturated heterocycles. The first-order chi connectivity index (χ1) is 18.1. The number of benzene rings is 3. The molecule has 0 unspecified atom stereocenters. The molecule has 0 aliphatic carbocycles. The lowest BCUT2D eigenvalue weighted by Crippen LogP contribution is -2.46. The topological polar surface area (TPSA) is 76.1 Å². The predicted octanol–water partition coefficient (Wildman–Crippen LogP) is 4.75. The maximum atomic E-state index is 6.68. The molecule has 7 heteroatoms. The molecule has 37 heavy (non-hydrogen) atoms. The van der Waals surface area contributed by atoms with Crippen molar-refractivity contribution >= 4 is 22.8 Å². The van der Waals surface area contributed by atoms with Gasteiger partial charge in [0.1, 0.15) is 5.82 Å². The molecule has 2 N–H and O–H groups in total. The zero-order valence-electron chi connectivity index (χ0n) is 21.1. The monoisotopic (exact) mass is 489 g/mol. The van der Waals surface area contributed by atoms with E-state index in [2.05, 4.69) is 83.5 Å². The van der Waals surface area contributed by atoms with Crippen LogP contribution in [-0.4, -0.2) is 50.8 Å². The van der Waals surface area contributed by atoms with Crippen molar-refractivity contribution in [3.63, 3.8) is 0 Å². The van der Waals surface area contributed by atoms with Crippen molar-refractivity contribution in [2.45, 2.75) is 20.0 Å². The minimum Gasteiger partial charge on any atom is -0.383 e. The Kier molecular flexibility index (Phi) is 6.28. The van der Waals surface area contributed by atoms with Crippen LogP contribution in [0.5, 0.6) is 0 Å². The summed E-state index contributed by atoms with van der Waals surface area (Å²) in [4.78, 5) is 14.8. The Morgan fingerprint density at radius 2 is 1.43 bits per heavy atom. The lowest BCUT2D eigenvalue weighted by Gasteiger charge is -2.34. The molecule has 1 fully saturated rings. The smallest absolute Gasteiger partial charge is 0.228 e. The maximum absolute atomic E-state index is 6.68. The van der Waals surface area contributed by atoms with Gasteiger partial charge in [0.15, 0.2) is 5.65 Å². The highest BCUT2D eigenvalue weighted by Crippen LogP contribution is 2.33. The van der Waals surface area contributed by atoms with Gasteiger partial charge in [-0.2, -0.15) is 4.98 Å². The van der Waals surface area contributed by atoms with Crippen LogP contribution in [0.4, 0.5) is 11.8 Å². The number of rotatable bonds is 6. The fourth-order valence-corrected chi connectivity index (χ4v) is 5.01. The van der Waals surface area contributed by atoms with Gasteiger partial charge >= 0.3 is 0 Å². The zero-order chi connectivity index (χ0) is 25.2. The highest BCUT2D eigenvalue weighted by molar-refractivity contribution is 5.99. The number of fused-ring (bicyclic) bond motifs is 1. The molecule has 0 spiro atoms. The number of anilines is 2. The van der Waals surface area contributed by atoms with E-state index in [0.717, 1.165) is 54.9 Å². The second kappa shape index (κ2) is 10.0. The number of hydrogen-bond donors (Lipinski definition) is 1. The Morgan fingerprint density at radius 1 is 0.757 bits per heavy atom. The maximum Gasteiger partial charge on any atom is 0.228 e. The molecular formula is C30H31N7. The van der Waals surface area contributed by atoms with Gasteiger partial charge in [-0.05, 0) is 24.1 Å². The third kappa shape index (κ3) is 4.90. The summed E-state index contributed by atoms with van der Waals surface area (Å²) in [5.74, 6) is 1.31. The molecule has 5 aromatic rings. The fraction of sp³-hybridized carbons (Fsp3) is 0.233. The van der Waals surface area contributed by atoms with E-state index in [9.17, 15) is 0 Å². The van der Waals surface area contributed by atoms with E-state index < -0.39 is 0 Å². The van der Waals surface area contributed by atoms with Gasteiger partial charge in [0.2, 0.25) is 5.95 Å². The van der Waals surface area contributed by atoms with Crippen LogP contribution in [0.15, 0.2) is 84.9 Å². The molecule has 0 atom stereocenters. The standard InChI is InChI=1S/C30H31N7/c1-22-9-8-14-25(19-22)27-26-28(31)37(21-24-12-6-3-7-13-24)34-29(26)33-30(32-27)36-17-15-35(16-18-36)20-23-10-4-2-5-11-23/h2-14,19H,15-18,20-21,31H2,1H3. The van der Waals surface area contributed by atoms with Gasteiger partial charge in [-0.25, -0.2) is 9.67 Å². The van der Waals surface area contributed by atoms with Crippen LogP contribution in [0.2, 0.25) is 0 Å². The van der Waals surface area contributed by atoms with Crippen molar-refractivity contribution in [3.8, 4) is 11.3 Å². The molecule has 3 heterocycles. The van der Waals surface area contributed by atoms with Gasteiger partial charge in [0, 0.05) is 38.3 Å². The van der Waals surface area contributed by atoms with Crippen LogP contribution in [0, 0.1) is 6.92 Å². The third-order valence-electron chi connectivity index (χ3n) is 7.00. The summed E-state index contributed by atoms with van der Waals surface area (Å²) < 4.78 is 1.84. The molecular weight excluding hydrogens is 458 g/mol. The summed E-state index contributed by atoms with van der Waals surface area (Å²) >= 11 is 0. The quantitative estimate of drug-likeness (QED) is 0.371. The second-order valence-electron chi connectivity index (χ2n) is 9.72. The van der Waals surface area contributed by atoms with Crippen molar-refractivity contribution in [2.75, 3.05) is 36.8 Å². The lowest BCUT2D eigenvalue weighted by atomic mass is 10.1. The Hall–Kier alpha value is -4.23. The van der Waals surface area contributed by atoms with E-state index in [0.29, 0.717) is 24.0 Å². The van der Waals surface area contributed by atoms with E-state index in [-0.39, 0.29) is 0 Å².